The molecule has 0 saturated carbocycles. The molecule has 0 aliphatic rings. The monoisotopic (exact) mass is 222 g/mol. The Balaban J connectivity index is 2.68. The largest absolute Gasteiger partial charge is 0.384 e. The second-order valence-corrected chi connectivity index (χ2v) is 5.22. The number of hydrogen-bond acceptors (Lipinski definition) is 4. The molecule has 0 spiro atoms. The molecule has 0 radical (unpaired) electrons. The molecule has 0 amide bonds. The topological polar surface area (TPSA) is 63.8 Å². The van der Waals surface area contributed by atoms with Gasteiger partial charge in [-0.15, -0.1) is 0 Å². The quantitative estimate of drug-likeness (QED) is 0.821. The van der Waals surface area contributed by atoms with Crippen LogP contribution in [0.4, 0.5) is 11.6 Å². The molecular formula is C12H22N4. The fraction of sp³-hybridized carbons (Fsp3) is 0.667. The van der Waals surface area contributed by atoms with Gasteiger partial charge in [-0.3, -0.25) is 0 Å². The molecule has 4 heteroatoms. The summed E-state index contributed by atoms with van der Waals surface area (Å²) in [5.74, 6) is 2.63. The van der Waals surface area contributed by atoms with Gasteiger partial charge in [-0.25, -0.2) is 9.97 Å². The molecule has 0 aromatic carbocycles. The Morgan fingerprint density at radius 3 is 2.50 bits per heavy atom. The molecule has 1 rings (SSSR count). The highest BCUT2D eigenvalue weighted by atomic mass is 15.0. The number of nitrogen functional groups attached to an aromatic ring is 1. The molecule has 1 aromatic rings. The lowest BCUT2D eigenvalue weighted by Gasteiger charge is -2.29. The first-order valence-electron chi connectivity index (χ1n) is 5.66. The van der Waals surface area contributed by atoms with Crippen molar-refractivity contribution in [1.29, 1.82) is 0 Å². The summed E-state index contributed by atoms with van der Waals surface area (Å²) in [4.78, 5) is 8.33. The lowest BCUT2D eigenvalue weighted by atomic mass is 9.81. The summed E-state index contributed by atoms with van der Waals surface area (Å²) < 4.78 is 0. The summed E-state index contributed by atoms with van der Waals surface area (Å²) >= 11 is 0. The molecular weight excluding hydrogens is 200 g/mol. The van der Waals surface area contributed by atoms with Gasteiger partial charge in [-0.2, -0.15) is 0 Å². The number of aromatic nitrogens is 2. The molecule has 1 heterocycles. The van der Waals surface area contributed by atoms with Crippen molar-refractivity contribution in [1.82, 2.24) is 9.97 Å². The van der Waals surface area contributed by atoms with Crippen LogP contribution in [0, 0.1) is 18.3 Å². The zero-order chi connectivity index (χ0) is 12.3. The van der Waals surface area contributed by atoms with Gasteiger partial charge in [-0.05, 0) is 18.3 Å². The van der Waals surface area contributed by atoms with Crippen LogP contribution in [0.3, 0.4) is 0 Å². The van der Waals surface area contributed by atoms with Gasteiger partial charge in [-0.1, -0.05) is 27.7 Å². The molecule has 16 heavy (non-hydrogen) atoms. The van der Waals surface area contributed by atoms with Crippen molar-refractivity contribution in [2.45, 2.75) is 34.6 Å². The van der Waals surface area contributed by atoms with Crippen LogP contribution in [0.5, 0.6) is 0 Å². The third-order valence-corrected chi connectivity index (χ3v) is 3.15. The Kier molecular flexibility index (Phi) is 3.73. The van der Waals surface area contributed by atoms with Crippen LogP contribution in [0.2, 0.25) is 0 Å². The van der Waals surface area contributed by atoms with Gasteiger partial charge in [0.05, 0.1) is 0 Å². The van der Waals surface area contributed by atoms with Gasteiger partial charge in [0.2, 0.25) is 0 Å². The van der Waals surface area contributed by atoms with E-state index in [2.05, 4.69) is 43.0 Å². The van der Waals surface area contributed by atoms with E-state index in [1.807, 2.05) is 6.92 Å². The number of anilines is 2. The zero-order valence-electron chi connectivity index (χ0n) is 10.8. The maximum absolute atomic E-state index is 5.67. The van der Waals surface area contributed by atoms with E-state index in [4.69, 9.17) is 5.73 Å². The molecule has 0 bridgehead atoms. The van der Waals surface area contributed by atoms with E-state index in [1.165, 1.54) is 0 Å². The van der Waals surface area contributed by atoms with E-state index < -0.39 is 0 Å². The second kappa shape index (κ2) is 4.68. The van der Waals surface area contributed by atoms with Crippen LogP contribution in [0.15, 0.2) is 6.07 Å². The Labute approximate surface area is 97.7 Å². The average Bonchev–Trinajstić information content (AvgIpc) is 2.13. The van der Waals surface area contributed by atoms with Gasteiger partial charge in [0.1, 0.15) is 17.5 Å². The first kappa shape index (κ1) is 12.7. The SMILES string of the molecule is Cc1nc(N)cc(NCC(C)(C)C(C)C)n1. The summed E-state index contributed by atoms with van der Waals surface area (Å²) in [5, 5.41) is 3.32. The van der Waals surface area contributed by atoms with Crippen molar-refractivity contribution >= 4 is 11.6 Å². The van der Waals surface area contributed by atoms with Gasteiger partial charge < -0.3 is 11.1 Å². The predicted molar refractivity (Wildman–Crippen MR) is 68.3 cm³/mol. The molecule has 0 atom stereocenters. The highest BCUT2D eigenvalue weighted by Gasteiger charge is 2.22. The molecule has 3 N–H and O–H groups in total. The van der Waals surface area contributed by atoms with Crippen molar-refractivity contribution in [3.8, 4) is 0 Å². The number of nitrogens with two attached hydrogens (primary N) is 1. The maximum atomic E-state index is 5.67. The molecule has 0 saturated heterocycles. The van der Waals surface area contributed by atoms with Crippen LogP contribution in [0.1, 0.15) is 33.5 Å². The van der Waals surface area contributed by atoms with Crippen molar-refractivity contribution in [3.05, 3.63) is 11.9 Å². The number of nitrogens with one attached hydrogen (secondary N) is 1. The number of rotatable bonds is 4. The standard InChI is InChI=1S/C12H22N4/c1-8(2)12(4,5)7-14-11-6-10(13)15-9(3)16-11/h6,8H,7H2,1-5H3,(H3,13,14,15,16). The van der Waals surface area contributed by atoms with Gasteiger partial charge in [0, 0.05) is 12.6 Å². The van der Waals surface area contributed by atoms with Crippen LogP contribution in [-0.2, 0) is 0 Å². The Hall–Kier alpha value is -1.32. The van der Waals surface area contributed by atoms with Crippen LogP contribution >= 0.6 is 0 Å². The van der Waals surface area contributed by atoms with Crippen LogP contribution in [0.25, 0.3) is 0 Å². The smallest absolute Gasteiger partial charge is 0.131 e. The fourth-order valence-corrected chi connectivity index (χ4v) is 1.20. The van der Waals surface area contributed by atoms with Crippen LogP contribution < -0.4 is 11.1 Å². The Morgan fingerprint density at radius 1 is 1.38 bits per heavy atom. The summed E-state index contributed by atoms with van der Waals surface area (Å²) in [6.07, 6.45) is 0. The molecule has 90 valence electrons. The number of nitrogens with zero attached hydrogens (tertiary/aromatic N) is 2. The lowest BCUT2D eigenvalue weighted by Crippen LogP contribution is -2.28. The summed E-state index contributed by atoms with van der Waals surface area (Å²) in [7, 11) is 0. The zero-order valence-corrected chi connectivity index (χ0v) is 10.8. The van der Waals surface area contributed by atoms with E-state index >= 15 is 0 Å². The normalized spacial score (nSPS) is 11.9. The average molecular weight is 222 g/mol. The molecule has 0 aliphatic heterocycles. The van der Waals surface area contributed by atoms with Crippen molar-refractivity contribution in [2.24, 2.45) is 11.3 Å². The van der Waals surface area contributed by atoms with E-state index in [1.54, 1.807) is 6.07 Å². The van der Waals surface area contributed by atoms with E-state index in [9.17, 15) is 0 Å². The van der Waals surface area contributed by atoms with Gasteiger partial charge in [0.25, 0.3) is 0 Å². The van der Waals surface area contributed by atoms with E-state index in [0.717, 1.165) is 12.4 Å². The number of aryl methyl sites for hydroxylation is 1. The van der Waals surface area contributed by atoms with Gasteiger partial charge >= 0.3 is 0 Å². The third kappa shape index (κ3) is 3.36. The molecule has 0 aliphatic carbocycles. The minimum atomic E-state index is 0.230. The van der Waals surface area contributed by atoms with Crippen molar-refractivity contribution in [3.63, 3.8) is 0 Å². The van der Waals surface area contributed by atoms with Crippen molar-refractivity contribution < 1.29 is 0 Å². The van der Waals surface area contributed by atoms with Gasteiger partial charge in [0.15, 0.2) is 0 Å². The maximum Gasteiger partial charge on any atom is 0.131 e. The molecule has 4 nitrogen and oxygen atoms in total. The van der Waals surface area contributed by atoms with E-state index in [-0.39, 0.29) is 5.41 Å². The molecule has 0 unspecified atom stereocenters. The minimum absolute atomic E-state index is 0.230. The second-order valence-electron chi connectivity index (χ2n) is 5.22. The lowest BCUT2D eigenvalue weighted by molar-refractivity contribution is 0.269. The fourth-order valence-electron chi connectivity index (χ4n) is 1.20. The molecule has 1 aromatic heterocycles. The predicted octanol–water partition coefficient (Wildman–Crippen LogP) is 2.46. The van der Waals surface area contributed by atoms with E-state index in [0.29, 0.717) is 17.6 Å². The Morgan fingerprint density at radius 2 is 2.00 bits per heavy atom. The first-order valence-corrected chi connectivity index (χ1v) is 5.66. The summed E-state index contributed by atoms with van der Waals surface area (Å²) in [6.45, 7) is 11.6. The Bertz CT molecular complexity index is 338. The first-order chi connectivity index (χ1) is 7.31. The minimum Gasteiger partial charge on any atom is -0.384 e. The van der Waals surface area contributed by atoms with Crippen molar-refractivity contribution in [2.75, 3.05) is 17.6 Å². The highest BCUT2D eigenvalue weighted by Crippen LogP contribution is 2.26. The summed E-state index contributed by atoms with van der Waals surface area (Å²) in [6, 6.07) is 1.77. The molecule has 0 fully saturated rings. The summed E-state index contributed by atoms with van der Waals surface area (Å²) in [5.41, 5.74) is 5.90. The highest BCUT2D eigenvalue weighted by molar-refractivity contribution is 5.44. The third-order valence-electron chi connectivity index (χ3n) is 3.15. The van der Waals surface area contributed by atoms with Crippen LogP contribution in [-0.4, -0.2) is 16.5 Å². The number of hydrogen-bond donors (Lipinski definition) is 2.